The summed E-state index contributed by atoms with van der Waals surface area (Å²) < 4.78 is 5.88. The number of aromatic nitrogens is 3. The highest BCUT2D eigenvalue weighted by molar-refractivity contribution is 5.92. The van der Waals surface area contributed by atoms with Crippen molar-refractivity contribution in [2.45, 2.75) is 26.4 Å². The van der Waals surface area contributed by atoms with Gasteiger partial charge in [-0.1, -0.05) is 35.9 Å². The predicted molar refractivity (Wildman–Crippen MR) is 110 cm³/mol. The third-order valence-corrected chi connectivity index (χ3v) is 5.06. The molecule has 1 aliphatic heterocycles. The van der Waals surface area contributed by atoms with Crippen LogP contribution in [0.15, 0.2) is 55.0 Å². The van der Waals surface area contributed by atoms with Crippen LogP contribution in [-0.4, -0.2) is 45.5 Å². The van der Waals surface area contributed by atoms with Crippen molar-refractivity contribution in [1.29, 1.82) is 0 Å². The maximum atomic E-state index is 12.7. The molecule has 0 aliphatic carbocycles. The Morgan fingerprint density at radius 3 is 2.48 bits per heavy atom. The van der Waals surface area contributed by atoms with Crippen LogP contribution in [0.3, 0.4) is 0 Å². The second-order valence-electron chi connectivity index (χ2n) is 7.41. The number of aryl methyl sites for hydroxylation is 2. The Labute approximate surface area is 170 Å². The number of nitrogens with zero attached hydrogens (tertiary/aromatic N) is 4. The van der Waals surface area contributed by atoms with E-state index in [2.05, 4.69) is 52.2 Å². The number of hydrogen-bond donors (Lipinski definition) is 0. The molecule has 148 valence electrons. The summed E-state index contributed by atoms with van der Waals surface area (Å²) in [6.07, 6.45) is 5.64. The van der Waals surface area contributed by atoms with Crippen molar-refractivity contribution in [3.8, 4) is 0 Å². The van der Waals surface area contributed by atoms with E-state index in [1.807, 2.05) is 19.2 Å². The Morgan fingerprint density at radius 1 is 1.00 bits per heavy atom. The normalized spacial score (nSPS) is 16.6. The lowest BCUT2D eigenvalue weighted by Crippen LogP contribution is -2.42. The van der Waals surface area contributed by atoms with Crippen LogP contribution in [0.4, 0.5) is 0 Å². The quantitative estimate of drug-likeness (QED) is 0.686. The topological polar surface area (TPSA) is 68.2 Å². The molecule has 4 rings (SSSR count). The van der Waals surface area contributed by atoms with Gasteiger partial charge in [-0.2, -0.15) is 0 Å². The molecule has 1 aliphatic rings. The fraction of sp³-hybridized carbons (Fsp3) is 0.304. The van der Waals surface area contributed by atoms with Gasteiger partial charge < -0.3 is 9.64 Å². The van der Waals surface area contributed by atoms with Crippen LogP contribution >= 0.6 is 0 Å². The summed E-state index contributed by atoms with van der Waals surface area (Å²) >= 11 is 0. The number of amides is 1. The zero-order valence-corrected chi connectivity index (χ0v) is 16.7. The molecule has 0 unspecified atom stereocenters. The van der Waals surface area contributed by atoms with Crippen LogP contribution in [-0.2, 0) is 11.2 Å². The molecule has 1 saturated heterocycles. The lowest BCUT2D eigenvalue weighted by Gasteiger charge is -2.32. The van der Waals surface area contributed by atoms with Crippen LogP contribution in [0.25, 0.3) is 0 Å². The molecule has 3 aromatic rings. The fourth-order valence-corrected chi connectivity index (χ4v) is 3.35. The average Bonchev–Trinajstić information content (AvgIpc) is 2.76. The summed E-state index contributed by atoms with van der Waals surface area (Å²) in [5.41, 5.74) is 5.65. The Morgan fingerprint density at radius 2 is 1.79 bits per heavy atom. The maximum absolute atomic E-state index is 12.7. The van der Waals surface area contributed by atoms with Crippen molar-refractivity contribution in [2.75, 3.05) is 19.7 Å². The molecule has 29 heavy (non-hydrogen) atoms. The van der Waals surface area contributed by atoms with Crippen molar-refractivity contribution in [3.05, 3.63) is 88.8 Å². The molecular weight excluding hydrogens is 364 g/mol. The van der Waals surface area contributed by atoms with Crippen LogP contribution in [0, 0.1) is 13.8 Å². The highest BCUT2D eigenvalue weighted by Crippen LogP contribution is 2.22. The molecule has 0 spiro atoms. The molecule has 1 aromatic carbocycles. The van der Waals surface area contributed by atoms with Crippen LogP contribution in [0.2, 0.25) is 0 Å². The Hall–Kier alpha value is -3.12. The SMILES string of the molecule is Cc1ccc(Cc2ccc([C@H]3CN(C(=O)c4cnc(C)cn4)CCO3)nc2)cc1. The summed E-state index contributed by atoms with van der Waals surface area (Å²) in [6.45, 7) is 5.40. The zero-order valence-electron chi connectivity index (χ0n) is 16.7. The van der Waals surface area contributed by atoms with Gasteiger partial charge in [0, 0.05) is 18.9 Å². The van der Waals surface area contributed by atoms with Gasteiger partial charge in [-0.25, -0.2) is 4.98 Å². The van der Waals surface area contributed by atoms with Gasteiger partial charge in [-0.3, -0.25) is 14.8 Å². The van der Waals surface area contributed by atoms with Gasteiger partial charge in [0.2, 0.25) is 0 Å². The van der Waals surface area contributed by atoms with Gasteiger partial charge in [0.05, 0.1) is 30.7 Å². The standard InChI is InChI=1S/C23H24N4O2/c1-16-3-5-18(6-4-16)11-19-7-8-20(26-13-19)22-15-27(9-10-29-22)23(28)21-14-24-17(2)12-25-21/h3-8,12-14,22H,9-11,15H2,1-2H3/t22-/m1/s1. The summed E-state index contributed by atoms with van der Waals surface area (Å²) in [5, 5.41) is 0. The highest BCUT2D eigenvalue weighted by Gasteiger charge is 2.27. The van der Waals surface area contributed by atoms with E-state index in [0.717, 1.165) is 23.4 Å². The smallest absolute Gasteiger partial charge is 0.274 e. The van der Waals surface area contributed by atoms with Crippen molar-refractivity contribution in [1.82, 2.24) is 19.9 Å². The van der Waals surface area contributed by atoms with E-state index in [0.29, 0.717) is 25.4 Å². The Bertz CT molecular complexity index is 969. The van der Waals surface area contributed by atoms with Crippen molar-refractivity contribution >= 4 is 5.91 Å². The zero-order chi connectivity index (χ0) is 20.2. The van der Waals surface area contributed by atoms with Crippen LogP contribution < -0.4 is 0 Å². The van der Waals surface area contributed by atoms with Gasteiger partial charge >= 0.3 is 0 Å². The number of morpholine rings is 1. The van der Waals surface area contributed by atoms with Crippen molar-refractivity contribution in [3.63, 3.8) is 0 Å². The molecule has 3 heterocycles. The van der Waals surface area contributed by atoms with E-state index < -0.39 is 0 Å². The van der Waals surface area contributed by atoms with E-state index >= 15 is 0 Å². The number of hydrogen-bond acceptors (Lipinski definition) is 5. The van der Waals surface area contributed by atoms with E-state index in [4.69, 9.17) is 4.74 Å². The number of ether oxygens (including phenoxy) is 1. The van der Waals surface area contributed by atoms with Crippen LogP contribution in [0.5, 0.6) is 0 Å². The number of carbonyl (C=O) groups excluding carboxylic acids is 1. The van der Waals surface area contributed by atoms with Crippen LogP contribution in [0.1, 0.15) is 44.7 Å². The van der Waals surface area contributed by atoms with Crippen molar-refractivity contribution in [2.24, 2.45) is 0 Å². The first-order valence-corrected chi connectivity index (χ1v) is 9.78. The predicted octanol–water partition coefficient (Wildman–Crippen LogP) is 3.29. The Kier molecular flexibility index (Phi) is 5.62. The summed E-state index contributed by atoms with van der Waals surface area (Å²) in [6, 6.07) is 12.6. The summed E-state index contributed by atoms with van der Waals surface area (Å²) in [5.74, 6) is -0.123. The van der Waals surface area contributed by atoms with E-state index in [9.17, 15) is 4.79 Å². The first-order valence-electron chi connectivity index (χ1n) is 9.78. The van der Waals surface area contributed by atoms with Crippen molar-refractivity contribution < 1.29 is 9.53 Å². The number of rotatable bonds is 4. The third-order valence-electron chi connectivity index (χ3n) is 5.06. The monoisotopic (exact) mass is 388 g/mol. The molecule has 1 atom stereocenters. The number of benzene rings is 1. The molecule has 6 nitrogen and oxygen atoms in total. The van der Waals surface area contributed by atoms with E-state index in [1.165, 1.54) is 17.3 Å². The number of carbonyl (C=O) groups is 1. The minimum atomic E-state index is -0.237. The molecular formula is C23H24N4O2. The molecule has 2 aromatic heterocycles. The lowest BCUT2D eigenvalue weighted by molar-refractivity contribution is -0.0249. The highest BCUT2D eigenvalue weighted by atomic mass is 16.5. The van der Waals surface area contributed by atoms with Gasteiger partial charge in [0.25, 0.3) is 5.91 Å². The maximum Gasteiger partial charge on any atom is 0.274 e. The van der Waals surface area contributed by atoms with Gasteiger partial charge in [0.1, 0.15) is 11.8 Å². The second kappa shape index (κ2) is 8.49. The molecule has 0 N–H and O–H groups in total. The first kappa shape index (κ1) is 19.2. The van der Waals surface area contributed by atoms with Gasteiger partial charge in [-0.05, 0) is 37.5 Å². The fourth-order valence-electron chi connectivity index (χ4n) is 3.35. The molecule has 1 amide bonds. The minimum Gasteiger partial charge on any atom is -0.368 e. The number of pyridine rings is 1. The van der Waals surface area contributed by atoms with E-state index in [-0.39, 0.29) is 12.0 Å². The average molecular weight is 388 g/mol. The van der Waals surface area contributed by atoms with Gasteiger partial charge in [-0.15, -0.1) is 0 Å². The second-order valence-corrected chi connectivity index (χ2v) is 7.41. The third kappa shape index (κ3) is 4.66. The Balaban J connectivity index is 1.42. The van der Waals surface area contributed by atoms with E-state index in [1.54, 1.807) is 11.1 Å². The molecule has 1 fully saturated rings. The molecule has 0 radical (unpaired) electrons. The largest absolute Gasteiger partial charge is 0.368 e. The molecule has 0 bridgehead atoms. The lowest BCUT2D eigenvalue weighted by atomic mass is 10.0. The molecule has 0 saturated carbocycles. The minimum absolute atomic E-state index is 0.123. The van der Waals surface area contributed by atoms with Gasteiger partial charge in [0.15, 0.2) is 0 Å². The summed E-state index contributed by atoms with van der Waals surface area (Å²) in [4.78, 5) is 27.4. The summed E-state index contributed by atoms with van der Waals surface area (Å²) in [7, 11) is 0. The molecule has 6 heteroatoms. The first-order chi connectivity index (χ1) is 14.1.